The molecule has 0 unspecified atom stereocenters. The summed E-state index contributed by atoms with van der Waals surface area (Å²) in [7, 11) is 0. The summed E-state index contributed by atoms with van der Waals surface area (Å²) >= 11 is 12.0. The first-order chi connectivity index (χ1) is 12.6. The lowest BCUT2D eigenvalue weighted by Crippen LogP contribution is -2.42. The Morgan fingerprint density at radius 2 is 2.00 bits per heavy atom. The number of alkyl halides is 3. The Kier molecular flexibility index (Phi) is 5.64. The molecule has 0 saturated heterocycles. The van der Waals surface area contributed by atoms with Crippen LogP contribution in [0, 0.1) is 0 Å². The van der Waals surface area contributed by atoms with Crippen molar-refractivity contribution >= 4 is 29.1 Å². The number of carbonyl (C=O) groups excluding carboxylic acids is 1. The van der Waals surface area contributed by atoms with Gasteiger partial charge >= 0.3 is 6.18 Å². The van der Waals surface area contributed by atoms with Crippen molar-refractivity contribution in [1.29, 1.82) is 0 Å². The molecule has 146 valence electrons. The van der Waals surface area contributed by atoms with Crippen molar-refractivity contribution in [2.45, 2.75) is 38.1 Å². The molecule has 1 atom stereocenters. The highest BCUT2D eigenvalue weighted by Gasteiger charge is 2.39. The molecule has 1 aliphatic rings. The molecule has 27 heavy (non-hydrogen) atoms. The second kappa shape index (κ2) is 7.65. The molecule has 11 heteroatoms. The molecule has 1 aliphatic heterocycles. The number of hydrogen-bond donors (Lipinski definition) is 1. The SMILES string of the molecule is N[C@@H](CC(=O)N1CCn2c(nnc2C(F)(F)F)C1)Cc1ccc(Cl)cc1Cl. The van der Waals surface area contributed by atoms with Gasteiger partial charge in [0.15, 0.2) is 5.82 Å². The average Bonchev–Trinajstić information content (AvgIpc) is 3.00. The van der Waals surface area contributed by atoms with Gasteiger partial charge in [0.25, 0.3) is 0 Å². The Bertz CT molecular complexity index is 855. The Labute approximate surface area is 163 Å². The van der Waals surface area contributed by atoms with Crippen molar-refractivity contribution in [2.75, 3.05) is 6.54 Å². The molecule has 0 fully saturated rings. The van der Waals surface area contributed by atoms with Crippen LogP contribution in [-0.2, 0) is 30.5 Å². The van der Waals surface area contributed by atoms with E-state index in [1.165, 1.54) is 4.90 Å². The topological polar surface area (TPSA) is 77.0 Å². The molecule has 0 bridgehead atoms. The van der Waals surface area contributed by atoms with Gasteiger partial charge in [-0.15, -0.1) is 10.2 Å². The van der Waals surface area contributed by atoms with Crippen LogP contribution in [0.25, 0.3) is 0 Å². The summed E-state index contributed by atoms with van der Waals surface area (Å²) in [4.78, 5) is 13.9. The van der Waals surface area contributed by atoms with Crippen LogP contribution < -0.4 is 5.73 Å². The highest BCUT2D eigenvalue weighted by Crippen LogP contribution is 2.29. The summed E-state index contributed by atoms with van der Waals surface area (Å²) in [6.07, 6.45) is -4.15. The van der Waals surface area contributed by atoms with E-state index < -0.39 is 18.0 Å². The maximum atomic E-state index is 12.9. The smallest absolute Gasteiger partial charge is 0.333 e. The maximum Gasteiger partial charge on any atom is 0.451 e. The van der Waals surface area contributed by atoms with Crippen molar-refractivity contribution in [3.8, 4) is 0 Å². The maximum absolute atomic E-state index is 12.9. The van der Waals surface area contributed by atoms with Crippen molar-refractivity contribution in [3.63, 3.8) is 0 Å². The first-order valence-electron chi connectivity index (χ1n) is 8.11. The molecule has 1 aromatic heterocycles. The number of halogens is 5. The van der Waals surface area contributed by atoms with Gasteiger partial charge in [-0.05, 0) is 24.1 Å². The Morgan fingerprint density at radius 3 is 2.67 bits per heavy atom. The van der Waals surface area contributed by atoms with E-state index in [9.17, 15) is 18.0 Å². The molecule has 0 spiro atoms. The molecule has 3 rings (SSSR count). The van der Waals surface area contributed by atoms with Crippen LogP contribution >= 0.6 is 23.2 Å². The van der Waals surface area contributed by atoms with E-state index in [4.69, 9.17) is 28.9 Å². The van der Waals surface area contributed by atoms with Crippen LogP contribution in [0.2, 0.25) is 10.0 Å². The predicted octanol–water partition coefficient (Wildman–Crippen LogP) is 2.91. The largest absolute Gasteiger partial charge is 0.451 e. The molecule has 1 amide bonds. The number of rotatable bonds is 4. The summed E-state index contributed by atoms with van der Waals surface area (Å²) < 4.78 is 39.6. The number of carbonyl (C=O) groups is 1. The number of aromatic nitrogens is 3. The second-order valence-corrected chi connectivity index (χ2v) is 7.15. The fourth-order valence-electron chi connectivity index (χ4n) is 2.98. The Balaban J connectivity index is 1.61. The first kappa shape index (κ1) is 19.9. The van der Waals surface area contributed by atoms with Gasteiger partial charge < -0.3 is 15.2 Å². The quantitative estimate of drug-likeness (QED) is 0.822. The van der Waals surface area contributed by atoms with Crippen LogP contribution in [0.15, 0.2) is 18.2 Å². The minimum atomic E-state index is -4.57. The van der Waals surface area contributed by atoms with E-state index in [-0.39, 0.29) is 37.8 Å². The van der Waals surface area contributed by atoms with Gasteiger partial charge in [0, 0.05) is 35.6 Å². The molecular weight excluding hydrogens is 406 g/mol. The fourth-order valence-corrected chi connectivity index (χ4v) is 3.46. The lowest BCUT2D eigenvalue weighted by Gasteiger charge is -2.29. The summed E-state index contributed by atoms with van der Waals surface area (Å²) in [6.45, 7) is 0.0961. The molecule has 0 aliphatic carbocycles. The standard InChI is InChI=1S/C16H16Cl2F3N5O/c17-10-2-1-9(12(18)6-10)5-11(22)7-14(27)25-3-4-26-13(8-25)23-24-15(26)16(19,20)21/h1-2,6,11H,3-5,7-8,22H2/t11-/m1/s1. The molecule has 6 nitrogen and oxygen atoms in total. The van der Waals surface area contributed by atoms with Crippen molar-refractivity contribution in [2.24, 2.45) is 5.73 Å². The van der Waals surface area contributed by atoms with Gasteiger partial charge in [0.05, 0.1) is 6.54 Å². The monoisotopic (exact) mass is 421 g/mol. The first-order valence-corrected chi connectivity index (χ1v) is 8.87. The Morgan fingerprint density at radius 1 is 1.26 bits per heavy atom. The van der Waals surface area contributed by atoms with E-state index in [0.29, 0.717) is 16.5 Å². The van der Waals surface area contributed by atoms with E-state index in [1.54, 1.807) is 18.2 Å². The summed E-state index contributed by atoms with van der Waals surface area (Å²) in [5, 5.41) is 7.73. The van der Waals surface area contributed by atoms with Crippen LogP contribution in [-0.4, -0.2) is 38.2 Å². The van der Waals surface area contributed by atoms with Crippen LogP contribution in [0.1, 0.15) is 23.6 Å². The molecule has 2 N–H and O–H groups in total. The third kappa shape index (κ3) is 4.53. The summed E-state index contributed by atoms with van der Waals surface area (Å²) in [5.74, 6) is -1.19. The van der Waals surface area contributed by atoms with E-state index in [2.05, 4.69) is 10.2 Å². The zero-order chi connectivity index (χ0) is 19.8. The van der Waals surface area contributed by atoms with Gasteiger partial charge in [0.1, 0.15) is 0 Å². The van der Waals surface area contributed by atoms with Crippen LogP contribution in [0.3, 0.4) is 0 Å². The predicted molar refractivity (Wildman–Crippen MR) is 93.2 cm³/mol. The fraction of sp³-hybridized carbons (Fsp3) is 0.438. The lowest BCUT2D eigenvalue weighted by molar-refractivity contribution is -0.148. The van der Waals surface area contributed by atoms with Crippen molar-refractivity contribution in [1.82, 2.24) is 19.7 Å². The third-order valence-electron chi connectivity index (χ3n) is 4.29. The van der Waals surface area contributed by atoms with Gasteiger partial charge in [-0.1, -0.05) is 29.3 Å². The molecule has 0 radical (unpaired) electrons. The third-order valence-corrected chi connectivity index (χ3v) is 4.88. The minimum Gasteiger partial charge on any atom is -0.333 e. The zero-order valence-corrected chi connectivity index (χ0v) is 15.5. The molecule has 2 aromatic rings. The van der Waals surface area contributed by atoms with Crippen LogP contribution in [0.5, 0.6) is 0 Å². The summed E-state index contributed by atoms with van der Waals surface area (Å²) in [5.41, 5.74) is 6.83. The minimum absolute atomic E-state index is 0.0127. The number of hydrogen-bond acceptors (Lipinski definition) is 4. The van der Waals surface area contributed by atoms with Crippen LogP contribution in [0.4, 0.5) is 13.2 Å². The normalized spacial score (nSPS) is 15.6. The highest BCUT2D eigenvalue weighted by atomic mass is 35.5. The van der Waals surface area contributed by atoms with Crippen molar-refractivity contribution < 1.29 is 18.0 Å². The zero-order valence-electron chi connectivity index (χ0n) is 14.0. The van der Waals surface area contributed by atoms with Gasteiger partial charge in [0.2, 0.25) is 11.7 Å². The molecule has 1 aromatic carbocycles. The van der Waals surface area contributed by atoms with Crippen molar-refractivity contribution in [3.05, 3.63) is 45.5 Å². The number of nitrogens with zero attached hydrogens (tertiary/aromatic N) is 4. The number of fused-ring (bicyclic) bond motifs is 1. The molecule has 2 heterocycles. The van der Waals surface area contributed by atoms with E-state index >= 15 is 0 Å². The molecular formula is C16H16Cl2F3N5O. The van der Waals surface area contributed by atoms with Gasteiger partial charge in [-0.2, -0.15) is 13.2 Å². The average molecular weight is 422 g/mol. The molecule has 0 saturated carbocycles. The number of amides is 1. The highest BCUT2D eigenvalue weighted by molar-refractivity contribution is 6.35. The number of benzene rings is 1. The van der Waals surface area contributed by atoms with Gasteiger partial charge in [-0.3, -0.25) is 4.79 Å². The number of nitrogens with two attached hydrogens (primary N) is 1. The Hall–Kier alpha value is -1.84. The van der Waals surface area contributed by atoms with Gasteiger partial charge in [-0.25, -0.2) is 0 Å². The summed E-state index contributed by atoms with van der Waals surface area (Å²) in [6, 6.07) is 4.55. The lowest BCUT2D eigenvalue weighted by atomic mass is 10.0. The second-order valence-electron chi connectivity index (χ2n) is 6.31. The van der Waals surface area contributed by atoms with E-state index in [1.807, 2.05) is 0 Å². The van der Waals surface area contributed by atoms with E-state index in [0.717, 1.165) is 10.1 Å².